The average molecular weight is 142 g/mol. The van der Waals surface area contributed by atoms with E-state index in [1.165, 1.54) is 0 Å². The van der Waals surface area contributed by atoms with Gasteiger partial charge < -0.3 is 9.84 Å². The molecule has 10 heavy (non-hydrogen) atoms. The van der Waals surface area contributed by atoms with Gasteiger partial charge in [0, 0.05) is 6.42 Å². The van der Waals surface area contributed by atoms with E-state index in [2.05, 4.69) is 6.92 Å². The first-order valence-electron chi connectivity index (χ1n) is 3.85. The summed E-state index contributed by atoms with van der Waals surface area (Å²) < 4.78 is 5.18. The van der Waals surface area contributed by atoms with Gasteiger partial charge in [0.05, 0.1) is 6.61 Å². The Morgan fingerprint density at radius 1 is 1.80 bits per heavy atom. The van der Waals surface area contributed by atoms with Crippen molar-refractivity contribution in [3.63, 3.8) is 0 Å². The molecule has 0 radical (unpaired) electrons. The molecule has 0 aromatic carbocycles. The van der Waals surface area contributed by atoms with Crippen LogP contribution in [0.3, 0.4) is 0 Å². The van der Waals surface area contributed by atoms with Crippen molar-refractivity contribution >= 4 is 0 Å². The minimum Gasteiger partial charge on any atom is -0.495 e. The van der Waals surface area contributed by atoms with Crippen LogP contribution < -0.4 is 0 Å². The normalized spacial score (nSPS) is 20.0. The third kappa shape index (κ3) is 1.74. The molecule has 1 aliphatic heterocycles. The molecule has 0 aromatic rings. The first-order chi connectivity index (χ1) is 4.84. The van der Waals surface area contributed by atoms with Crippen LogP contribution >= 0.6 is 0 Å². The maximum absolute atomic E-state index is 9.36. The maximum atomic E-state index is 9.36. The molecule has 0 fully saturated rings. The van der Waals surface area contributed by atoms with E-state index in [-0.39, 0.29) is 6.10 Å². The van der Waals surface area contributed by atoms with E-state index in [1.54, 1.807) is 0 Å². The van der Waals surface area contributed by atoms with Crippen LogP contribution in [-0.4, -0.2) is 17.8 Å². The molecule has 0 spiro atoms. The van der Waals surface area contributed by atoms with Gasteiger partial charge in [0.25, 0.3) is 0 Å². The second kappa shape index (κ2) is 3.62. The molecule has 0 aliphatic carbocycles. The largest absolute Gasteiger partial charge is 0.495 e. The molecule has 1 heterocycles. The summed E-state index contributed by atoms with van der Waals surface area (Å²) in [6.45, 7) is 2.80. The SMILES string of the molecule is CCCC(O)C1=CCCO1. The molecule has 0 aromatic heterocycles. The van der Waals surface area contributed by atoms with Gasteiger partial charge in [-0.1, -0.05) is 13.3 Å². The van der Waals surface area contributed by atoms with Crippen molar-refractivity contribution in [2.24, 2.45) is 0 Å². The zero-order valence-corrected chi connectivity index (χ0v) is 6.34. The Morgan fingerprint density at radius 3 is 3.10 bits per heavy atom. The van der Waals surface area contributed by atoms with E-state index in [4.69, 9.17) is 4.74 Å². The van der Waals surface area contributed by atoms with Gasteiger partial charge in [-0.25, -0.2) is 0 Å². The Labute approximate surface area is 61.5 Å². The lowest BCUT2D eigenvalue weighted by Gasteiger charge is -2.09. The van der Waals surface area contributed by atoms with E-state index in [0.717, 1.165) is 31.6 Å². The van der Waals surface area contributed by atoms with E-state index in [9.17, 15) is 5.11 Å². The Bertz CT molecular complexity index is 129. The summed E-state index contributed by atoms with van der Waals surface area (Å²) in [5.74, 6) is 0.779. The van der Waals surface area contributed by atoms with Gasteiger partial charge in [-0.15, -0.1) is 0 Å². The highest BCUT2D eigenvalue weighted by Gasteiger charge is 2.13. The summed E-state index contributed by atoms with van der Waals surface area (Å²) in [4.78, 5) is 0. The first-order valence-corrected chi connectivity index (χ1v) is 3.85. The van der Waals surface area contributed by atoms with Gasteiger partial charge in [0.2, 0.25) is 0 Å². The number of hydrogen-bond acceptors (Lipinski definition) is 2. The van der Waals surface area contributed by atoms with Crippen molar-refractivity contribution in [1.29, 1.82) is 0 Å². The average Bonchev–Trinajstić information content (AvgIpc) is 2.38. The van der Waals surface area contributed by atoms with E-state index in [1.807, 2.05) is 6.08 Å². The molecule has 1 rings (SSSR count). The maximum Gasteiger partial charge on any atom is 0.121 e. The second-order valence-corrected chi connectivity index (χ2v) is 2.55. The Morgan fingerprint density at radius 2 is 2.60 bits per heavy atom. The second-order valence-electron chi connectivity index (χ2n) is 2.55. The van der Waals surface area contributed by atoms with Crippen molar-refractivity contribution in [2.75, 3.05) is 6.61 Å². The van der Waals surface area contributed by atoms with E-state index in [0.29, 0.717) is 0 Å². The van der Waals surface area contributed by atoms with Crippen molar-refractivity contribution in [1.82, 2.24) is 0 Å². The third-order valence-electron chi connectivity index (χ3n) is 1.62. The number of hydrogen-bond donors (Lipinski definition) is 1. The molecule has 2 nitrogen and oxygen atoms in total. The zero-order valence-electron chi connectivity index (χ0n) is 6.34. The number of rotatable bonds is 3. The molecule has 0 bridgehead atoms. The molecular formula is C8H14O2. The van der Waals surface area contributed by atoms with Crippen LogP contribution in [0.1, 0.15) is 26.2 Å². The van der Waals surface area contributed by atoms with Crippen LogP contribution in [0.2, 0.25) is 0 Å². The number of aliphatic hydroxyl groups is 1. The summed E-state index contributed by atoms with van der Waals surface area (Å²) >= 11 is 0. The summed E-state index contributed by atoms with van der Waals surface area (Å²) in [7, 11) is 0. The standard InChI is InChI=1S/C8H14O2/c1-2-4-7(9)8-5-3-6-10-8/h5,7,9H,2-4,6H2,1H3. The molecule has 58 valence electrons. The van der Waals surface area contributed by atoms with Gasteiger partial charge in [-0.3, -0.25) is 0 Å². The molecule has 1 unspecified atom stereocenters. The molecule has 1 N–H and O–H groups in total. The molecule has 0 amide bonds. The summed E-state index contributed by atoms with van der Waals surface area (Å²) in [6, 6.07) is 0. The van der Waals surface area contributed by atoms with E-state index >= 15 is 0 Å². The van der Waals surface area contributed by atoms with Crippen LogP contribution in [0.25, 0.3) is 0 Å². The Balaban J connectivity index is 2.32. The zero-order chi connectivity index (χ0) is 7.40. The fourth-order valence-corrected chi connectivity index (χ4v) is 1.08. The van der Waals surface area contributed by atoms with Crippen molar-refractivity contribution in [3.05, 3.63) is 11.8 Å². The van der Waals surface area contributed by atoms with Crippen LogP contribution in [0.4, 0.5) is 0 Å². The lowest BCUT2D eigenvalue weighted by molar-refractivity contribution is 0.111. The fraction of sp³-hybridized carbons (Fsp3) is 0.750. The van der Waals surface area contributed by atoms with Gasteiger partial charge in [0.1, 0.15) is 11.9 Å². The minimum absolute atomic E-state index is 0.354. The van der Waals surface area contributed by atoms with Crippen molar-refractivity contribution < 1.29 is 9.84 Å². The van der Waals surface area contributed by atoms with Crippen LogP contribution in [0.15, 0.2) is 11.8 Å². The monoisotopic (exact) mass is 142 g/mol. The highest BCUT2D eigenvalue weighted by atomic mass is 16.5. The van der Waals surface area contributed by atoms with Crippen LogP contribution in [0, 0.1) is 0 Å². The third-order valence-corrected chi connectivity index (χ3v) is 1.62. The van der Waals surface area contributed by atoms with Crippen LogP contribution in [-0.2, 0) is 4.74 Å². The highest BCUT2D eigenvalue weighted by Crippen LogP contribution is 2.16. The lowest BCUT2D eigenvalue weighted by atomic mass is 10.2. The highest BCUT2D eigenvalue weighted by molar-refractivity contribution is 5.03. The van der Waals surface area contributed by atoms with Crippen molar-refractivity contribution in [2.45, 2.75) is 32.3 Å². The Kier molecular flexibility index (Phi) is 2.75. The smallest absolute Gasteiger partial charge is 0.121 e. The van der Waals surface area contributed by atoms with E-state index < -0.39 is 0 Å². The molecule has 1 aliphatic rings. The van der Waals surface area contributed by atoms with Gasteiger partial charge in [-0.2, -0.15) is 0 Å². The fourth-order valence-electron chi connectivity index (χ4n) is 1.08. The molecular weight excluding hydrogens is 128 g/mol. The van der Waals surface area contributed by atoms with Crippen LogP contribution in [0.5, 0.6) is 0 Å². The van der Waals surface area contributed by atoms with Gasteiger partial charge >= 0.3 is 0 Å². The van der Waals surface area contributed by atoms with Gasteiger partial charge in [0.15, 0.2) is 0 Å². The molecule has 1 atom stereocenters. The number of ether oxygens (including phenoxy) is 1. The Hall–Kier alpha value is -0.500. The summed E-state index contributed by atoms with van der Waals surface area (Å²) in [5, 5.41) is 9.36. The summed E-state index contributed by atoms with van der Waals surface area (Å²) in [6.07, 6.45) is 4.39. The topological polar surface area (TPSA) is 29.5 Å². The molecule has 0 saturated heterocycles. The summed E-state index contributed by atoms with van der Waals surface area (Å²) in [5.41, 5.74) is 0. The molecule has 2 heteroatoms. The molecule has 0 saturated carbocycles. The van der Waals surface area contributed by atoms with Crippen molar-refractivity contribution in [3.8, 4) is 0 Å². The predicted molar refractivity (Wildman–Crippen MR) is 39.6 cm³/mol. The predicted octanol–water partition coefficient (Wildman–Crippen LogP) is 1.45. The quantitative estimate of drug-likeness (QED) is 0.646. The van der Waals surface area contributed by atoms with Gasteiger partial charge in [-0.05, 0) is 12.5 Å². The minimum atomic E-state index is -0.354. The lowest BCUT2D eigenvalue weighted by Crippen LogP contribution is -2.09. The number of aliphatic hydroxyl groups excluding tert-OH is 1. The first kappa shape index (κ1) is 7.61.